The third-order valence-electron chi connectivity index (χ3n) is 6.46. The fourth-order valence-corrected chi connectivity index (χ4v) is 4.58. The van der Waals surface area contributed by atoms with Crippen molar-refractivity contribution >= 4 is 39.6 Å². The summed E-state index contributed by atoms with van der Waals surface area (Å²) in [5.74, 6) is -0.790. The number of piperidine rings is 1. The van der Waals surface area contributed by atoms with E-state index in [1.165, 1.54) is 24.1 Å². The first-order valence-electron chi connectivity index (χ1n) is 11.2. The van der Waals surface area contributed by atoms with Gasteiger partial charge in [-0.15, -0.1) is 0 Å². The average molecular weight is 494 g/mol. The predicted octanol–water partition coefficient (Wildman–Crippen LogP) is 2.29. The van der Waals surface area contributed by atoms with E-state index in [0.29, 0.717) is 23.0 Å². The summed E-state index contributed by atoms with van der Waals surface area (Å²) in [6, 6.07) is 8.72. The van der Waals surface area contributed by atoms with Crippen molar-refractivity contribution < 1.29 is 23.8 Å². The molecule has 2 amide bonds. The number of likely N-dealkylation sites (tertiary alicyclic amines) is 1. The number of halogens is 1. The fraction of sp³-hybridized carbons (Fsp3) is 0.250. The number of carbonyl (C=O) groups is 2. The molecule has 1 aliphatic heterocycles. The van der Waals surface area contributed by atoms with Crippen LogP contribution in [0.5, 0.6) is 0 Å². The number of amides is 2. The number of hydrogen-bond acceptors (Lipinski definition) is 6. The largest absolute Gasteiger partial charge is 0.465 e. The molecular formula is C24H23FN6O5. The van der Waals surface area contributed by atoms with Crippen LogP contribution in [0.4, 0.5) is 14.9 Å². The van der Waals surface area contributed by atoms with Crippen molar-refractivity contribution in [2.24, 2.45) is 0 Å². The number of aromatic amines is 2. The summed E-state index contributed by atoms with van der Waals surface area (Å²) in [6.45, 7) is 0.438. The molecule has 1 aliphatic rings. The maximum absolute atomic E-state index is 14.4. The third kappa shape index (κ3) is 4.01. The number of hydrogen-bond donors (Lipinski definition) is 5. The molecule has 0 radical (unpaired) electrons. The lowest BCUT2D eigenvalue weighted by Crippen LogP contribution is -2.55. The van der Waals surface area contributed by atoms with Gasteiger partial charge < -0.3 is 35.8 Å². The number of rotatable bonds is 4. The highest BCUT2D eigenvalue weighted by Gasteiger charge is 2.32. The van der Waals surface area contributed by atoms with Gasteiger partial charge in [0.15, 0.2) is 0 Å². The molecule has 0 bridgehead atoms. The number of anilines is 1. The van der Waals surface area contributed by atoms with Crippen molar-refractivity contribution in [3.8, 4) is 11.4 Å². The first-order valence-corrected chi connectivity index (χ1v) is 11.2. The highest BCUT2D eigenvalue weighted by molar-refractivity contribution is 6.00. The molecule has 0 saturated carbocycles. The van der Waals surface area contributed by atoms with E-state index in [0.717, 1.165) is 0 Å². The van der Waals surface area contributed by atoms with Gasteiger partial charge in [0.05, 0.1) is 46.3 Å². The van der Waals surface area contributed by atoms with Crippen molar-refractivity contribution in [2.75, 3.05) is 25.9 Å². The maximum Gasteiger partial charge on any atom is 0.407 e. The summed E-state index contributed by atoms with van der Waals surface area (Å²) >= 11 is 0. The number of nitrogens with zero attached hydrogens (tertiary/aromatic N) is 2. The lowest BCUT2D eigenvalue weighted by Gasteiger charge is -2.36. The molecule has 2 aromatic heterocycles. The molecule has 0 aliphatic carbocycles. The Hall–Kier alpha value is -4.45. The molecule has 6 N–H and O–H groups in total. The van der Waals surface area contributed by atoms with E-state index in [4.69, 9.17) is 10.5 Å². The minimum Gasteiger partial charge on any atom is -0.465 e. The Kier molecular flexibility index (Phi) is 5.80. The zero-order chi connectivity index (χ0) is 25.6. The van der Waals surface area contributed by atoms with Crippen LogP contribution in [0.15, 0.2) is 41.2 Å². The predicted molar refractivity (Wildman–Crippen MR) is 130 cm³/mol. The Balaban J connectivity index is 1.44. The number of nitrogen functional groups attached to an aromatic ring is 1. The van der Waals surface area contributed by atoms with Crippen LogP contribution in [0.3, 0.4) is 0 Å². The van der Waals surface area contributed by atoms with Crippen molar-refractivity contribution in [2.45, 2.75) is 18.6 Å². The molecule has 2 aromatic carbocycles. The standard InChI is InChI=1S/C24H23FN6O5/c1-36-17-10-31(24(34)35)8-7-14(17)29-22(32)11-5-6-13-16(9-11)28-21(27-13)19-20(26)18-12(25)3-2-4-15(18)30-23(19)33/h2-6,9,14,17H,7-8,10H2,1H3,(H,27,28)(H,29,32)(H,34,35)(H3,26,30,33)/t14-,17+/m1/s1. The number of carboxylic acid groups (broad SMARTS) is 1. The van der Waals surface area contributed by atoms with E-state index in [2.05, 4.69) is 20.3 Å². The normalized spacial score (nSPS) is 18.0. The Morgan fingerprint density at radius 1 is 1.25 bits per heavy atom. The molecule has 0 spiro atoms. The number of fused-ring (bicyclic) bond motifs is 2. The second-order valence-electron chi connectivity index (χ2n) is 8.59. The van der Waals surface area contributed by atoms with Crippen LogP contribution in [0.1, 0.15) is 16.8 Å². The van der Waals surface area contributed by atoms with Crippen LogP contribution < -0.4 is 16.6 Å². The van der Waals surface area contributed by atoms with Gasteiger partial charge in [0, 0.05) is 19.2 Å². The van der Waals surface area contributed by atoms with E-state index >= 15 is 0 Å². The average Bonchev–Trinajstić information content (AvgIpc) is 3.26. The van der Waals surface area contributed by atoms with Gasteiger partial charge in [-0.05, 0) is 36.8 Å². The van der Waals surface area contributed by atoms with E-state index in [1.807, 2.05) is 0 Å². The van der Waals surface area contributed by atoms with Gasteiger partial charge >= 0.3 is 6.09 Å². The molecule has 4 aromatic rings. The third-order valence-corrected chi connectivity index (χ3v) is 6.46. The van der Waals surface area contributed by atoms with Crippen molar-refractivity contribution in [3.05, 3.63) is 58.1 Å². The Labute approximate surface area is 203 Å². The molecule has 36 heavy (non-hydrogen) atoms. The molecule has 3 heterocycles. The lowest BCUT2D eigenvalue weighted by atomic mass is 10.0. The van der Waals surface area contributed by atoms with E-state index in [9.17, 15) is 23.9 Å². The summed E-state index contributed by atoms with van der Waals surface area (Å²) < 4.78 is 19.8. The number of carbonyl (C=O) groups excluding carboxylic acids is 1. The topological polar surface area (TPSA) is 166 Å². The molecule has 11 nitrogen and oxygen atoms in total. The summed E-state index contributed by atoms with van der Waals surface area (Å²) in [6.07, 6.45) is -1.10. The van der Waals surface area contributed by atoms with Gasteiger partial charge in [-0.2, -0.15) is 0 Å². The number of H-pyrrole nitrogens is 2. The zero-order valence-electron chi connectivity index (χ0n) is 19.2. The summed E-state index contributed by atoms with van der Waals surface area (Å²) in [7, 11) is 1.47. The Morgan fingerprint density at radius 3 is 2.81 bits per heavy atom. The van der Waals surface area contributed by atoms with Crippen LogP contribution in [0.25, 0.3) is 33.3 Å². The first-order chi connectivity index (χ1) is 17.3. The molecule has 0 unspecified atom stereocenters. The molecule has 186 valence electrons. The fourth-order valence-electron chi connectivity index (χ4n) is 4.58. The SMILES string of the molecule is CO[C@H]1CN(C(=O)O)CC[C@H]1NC(=O)c1ccc2nc(-c3c(N)c4c(F)cccc4[nH]c3=O)[nH]c2c1. The second-order valence-corrected chi connectivity index (χ2v) is 8.59. The minimum atomic E-state index is -1.03. The van der Waals surface area contributed by atoms with Crippen LogP contribution >= 0.6 is 0 Å². The number of aromatic nitrogens is 3. The summed E-state index contributed by atoms with van der Waals surface area (Å²) in [5, 5.41) is 12.2. The molecule has 1 saturated heterocycles. The monoisotopic (exact) mass is 494 g/mol. The van der Waals surface area contributed by atoms with Gasteiger partial charge in [0.1, 0.15) is 17.2 Å². The second kappa shape index (κ2) is 8.96. The van der Waals surface area contributed by atoms with Crippen molar-refractivity contribution in [3.63, 3.8) is 0 Å². The Bertz CT molecular complexity index is 1560. The molecule has 1 fully saturated rings. The van der Waals surface area contributed by atoms with Crippen LogP contribution in [-0.4, -0.2) is 69.3 Å². The van der Waals surface area contributed by atoms with Gasteiger partial charge in [-0.3, -0.25) is 9.59 Å². The van der Waals surface area contributed by atoms with Crippen LogP contribution in [0, 0.1) is 5.82 Å². The summed E-state index contributed by atoms with van der Waals surface area (Å²) in [4.78, 5) is 48.2. The molecule has 5 rings (SSSR count). The minimum absolute atomic E-state index is 0.00271. The number of pyridine rings is 1. The van der Waals surface area contributed by atoms with Gasteiger partial charge in [-0.25, -0.2) is 14.2 Å². The number of ether oxygens (including phenoxy) is 1. The number of imidazole rings is 1. The van der Waals surface area contributed by atoms with Crippen molar-refractivity contribution in [1.29, 1.82) is 0 Å². The van der Waals surface area contributed by atoms with Gasteiger partial charge in [-0.1, -0.05) is 6.07 Å². The lowest BCUT2D eigenvalue weighted by molar-refractivity contribution is 0.0102. The van der Waals surface area contributed by atoms with Gasteiger partial charge in [0.2, 0.25) is 0 Å². The Morgan fingerprint density at radius 2 is 2.06 bits per heavy atom. The number of methoxy groups -OCH3 is 1. The first kappa shape index (κ1) is 23.3. The van der Waals surface area contributed by atoms with Crippen LogP contribution in [0.2, 0.25) is 0 Å². The maximum atomic E-state index is 14.4. The van der Waals surface area contributed by atoms with E-state index < -0.39 is 23.6 Å². The molecule has 12 heteroatoms. The van der Waals surface area contributed by atoms with E-state index in [1.54, 1.807) is 24.3 Å². The molecular weight excluding hydrogens is 471 g/mol. The zero-order valence-corrected chi connectivity index (χ0v) is 19.2. The van der Waals surface area contributed by atoms with Crippen LogP contribution in [-0.2, 0) is 4.74 Å². The quantitative estimate of drug-likeness (QED) is 0.290. The van der Waals surface area contributed by atoms with Crippen molar-refractivity contribution in [1.82, 2.24) is 25.2 Å². The number of nitrogens with two attached hydrogens (primary N) is 1. The van der Waals surface area contributed by atoms with Gasteiger partial charge in [0.25, 0.3) is 11.5 Å². The highest BCUT2D eigenvalue weighted by atomic mass is 19.1. The smallest absolute Gasteiger partial charge is 0.407 e. The highest BCUT2D eigenvalue weighted by Crippen LogP contribution is 2.30. The summed E-state index contributed by atoms with van der Waals surface area (Å²) in [5.41, 5.74) is 7.19. The molecule has 2 atom stereocenters. The number of nitrogens with one attached hydrogen (secondary N) is 3. The number of benzene rings is 2. The van der Waals surface area contributed by atoms with E-state index in [-0.39, 0.29) is 53.0 Å².